The minimum absolute atomic E-state index is 0.177. The molecule has 0 amide bonds. The standard InChI is InChI=1S/C9H13ClN4O/c1-6-4-3-5-14(6)8-11-7(10)12-9(13-8)15-2/h6H,3-5H2,1-2H3. The number of anilines is 1. The second kappa shape index (κ2) is 4.18. The summed E-state index contributed by atoms with van der Waals surface area (Å²) in [6.07, 6.45) is 2.32. The molecule has 1 saturated heterocycles. The second-order valence-electron chi connectivity index (χ2n) is 3.58. The fourth-order valence-corrected chi connectivity index (χ4v) is 1.92. The summed E-state index contributed by atoms with van der Waals surface area (Å²) >= 11 is 5.79. The SMILES string of the molecule is COc1nc(Cl)nc(N2CCCC2C)n1. The van der Waals surface area contributed by atoms with Crippen LogP contribution in [0.2, 0.25) is 5.28 Å². The molecule has 1 aliphatic heterocycles. The van der Waals surface area contributed by atoms with Gasteiger partial charge in [0.05, 0.1) is 7.11 Å². The fraction of sp³-hybridized carbons (Fsp3) is 0.667. The minimum atomic E-state index is 0.177. The van der Waals surface area contributed by atoms with Crippen molar-refractivity contribution in [2.45, 2.75) is 25.8 Å². The summed E-state index contributed by atoms with van der Waals surface area (Å²) in [4.78, 5) is 14.2. The molecule has 15 heavy (non-hydrogen) atoms. The predicted octanol–water partition coefficient (Wildman–Crippen LogP) is 1.52. The van der Waals surface area contributed by atoms with Gasteiger partial charge in [-0.25, -0.2) is 0 Å². The van der Waals surface area contributed by atoms with Gasteiger partial charge in [0.25, 0.3) is 0 Å². The molecule has 0 spiro atoms. The molecule has 82 valence electrons. The van der Waals surface area contributed by atoms with E-state index in [0.29, 0.717) is 12.0 Å². The monoisotopic (exact) mass is 228 g/mol. The summed E-state index contributed by atoms with van der Waals surface area (Å²) < 4.78 is 4.96. The van der Waals surface area contributed by atoms with Gasteiger partial charge in [0, 0.05) is 12.6 Å². The van der Waals surface area contributed by atoms with E-state index >= 15 is 0 Å². The van der Waals surface area contributed by atoms with Gasteiger partial charge in [-0.15, -0.1) is 0 Å². The molecule has 0 aliphatic carbocycles. The molecule has 1 aromatic heterocycles. The minimum Gasteiger partial charge on any atom is -0.467 e. The summed E-state index contributed by atoms with van der Waals surface area (Å²) in [6, 6.07) is 0.720. The quantitative estimate of drug-likeness (QED) is 0.768. The van der Waals surface area contributed by atoms with Crippen molar-refractivity contribution in [1.29, 1.82) is 0 Å². The van der Waals surface area contributed by atoms with E-state index in [2.05, 4.69) is 26.8 Å². The molecule has 1 aliphatic rings. The van der Waals surface area contributed by atoms with Crippen LogP contribution in [0.1, 0.15) is 19.8 Å². The van der Waals surface area contributed by atoms with E-state index in [9.17, 15) is 0 Å². The van der Waals surface area contributed by atoms with Crippen molar-refractivity contribution >= 4 is 17.5 Å². The van der Waals surface area contributed by atoms with Gasteiger partial charge in [-0.2, -0.15) is 15.0 Å². The number of nitrogens with zero attached hydrogens (tertiary/aromatic N) is 4. The van der Waals surface area contributed by atoms with Crippen molar-refractivity contribution in [2.24, 2.45) is 0 Å². The van der Waals surface area contributed by atoms with Gasteiger partial charge in [-0.1, -0.05) is 0 Å². The van der Waals surface area contributed by atoms with Gasteiger partial charge >= 0.3 is 6.01 Å². The lowest BCUT2D eigenvalue weighted by atomic mass is 10.2. The number of aromatic nitrogens is 3. The van der Waals surface area contributed by atoms with Gasteiger partial charge in [0.15, 0.2) is 0 Å². The summed E-state index contributed by atoms with van der Waals surface area (Å²) in [6.45, 7) is 3.11. The van der Waals surface area contributed by atoms with Crippen molar-refractivity contribution in [3.8, 4) is 6.01 Å². The topological polar surface area (TPSA) is 51.1 Å². The van der Waals surface area contributed by atoms with Gasteiger partial charge in [-0.3, -0.25) is 0 Å². The number of methoxy groups -OCH3 is 1. The Labute approximate surface area is 93.5 Å². The highest BCUT2D eigenvalue weighted by Gasteiger charge is 2.23. The Morgan fingerprint density at radius 3 is 2.80 bits per heavy atom. The molecule has 0 aromatic carbocycles. The Bertz CT molecular complexity index is 360. The lowest BCUT2D eigenvalue weighted by Gasteiger charge is -2.21. The van der Waals surface area contributed by atoms with Crippen LogP contribution in [0.5, 0.6) is 6.01 Å². The second-order valence-corrected chi connectivity index (χ2v) is 3.91. The van der Waals surface area contributed by atoms with Crippen LogP contribution in [0.25, 0.3) is 0 Å². The number of hydrogen-bond donors (Lipinski definition) is 0. The van der Waals surface area contributed by atoms with Crippen LogP contribution >= 0.6 is 11.6 Å². The lowest BCUT2D eigenvalue weighted by molar-refractivity contribution is 0.378. The molecule has 1 atom stereocenters. The van der Waals surface area contributed by atoms with E-state index in [4.69, 9.17) is 16.3 Å². The van der Waals surface area contributed by atoms with Gasteiger partial charge < -0.3 is 9.64 Å². The smallest absolute Gasteiger partial charge is 0.322 e. The predicted molar refractivity (Wildman–Crippen MR) is 57.4 cm³/mol. The first kappa shape index (κ1) is 10.4. The van der Waals surface area contributed by atoms with E-state index in [1.54, 1.807) is 0 Å². The first-order valence-electron chi connectivity index (χ1n) is 4.93. The number of halogens is 1. The molecule has 6 heteroatoms. The number of rotatable bonds is 2. The average Bonchev–Trinajstić information content (AvgIpc) is 2.63. The van der Waals surface area contributed by atoms with Crippen molar-refractivity contribution in [1.82, 2.24) is 15.0 Å². The van der Waals surface area contributed by atoms with E-state index in [1.807, 2.05) is 0 Å². The maximum Gasteiger partial charge on any atom is 0.322 e. The number of ether oxygens (including phenoxy) is 1. The van der Waals surface area contributed by atoms with Crippen LogP contribution < -0.4 is 9.64 Å². The third-order valence-electron chi connectivity index (χ3n) is 2.57. The molecular weight excluding hydrogens is 216 g/mol. The zero-order chi connectivity index (χ0) is 10.8. The van der Waals surface area contributed by atoms with Crippen molar-refractivity contribution in [3.05, 3.63) is 5.28 Å². The van der Waals surface area contributed by atoms with Crippen LogP contribution in [0.15, 0.2) is 0 Å². The van der Waals surface area contributed by atoms with E-state index in [0.717, 1.165) is 19.4 Å². The maximum absolute atomic E-state index is 5.79. The molecule has 0 radical (unpaired) electrons. The molecule has 2 heterocycles. The Kier molecular flexibility index (Phi) is 2.90. The Hall–Kier alpha value is -1.10. The van der Waals surface area contributed by atoms with Crippen LogP contribution in [0, 0.1) is 0 Å². The summed E-state index contributed by atoms with van der Waals surface area (Å²) in [5, 5.41) is 0.177. The van der Waals surface area contributed by atoms with Crippen LogP contribution in [0.4, 0.5) is 5.95 Å². The third kappa shape index (κ3) is 2.12. The zero-order valence-electron chi connectivity index (χ0n) is 8.77. The van der Waals surface area contributed by atoms with Crippen LogP contribution in [-0.2, 0) is 0 Å². The van der Waals surface area contributed by atoms with Crippen LogP contribution in [0.3, 0.4) is 0 Å². The molecular formula is C9H13ClN4O. The zero-order valence-corrected chi connectivity index (χ0v) is 9.53. The fourth-order valence-electron chi connectivity index (χ4n) is 1.77. The Morgan fingerprint density at radius 1 is 1.40 bits per heavy atom. The summed E-state index contributed by atoms with van der Waals surface area (Å²) in [7, 11) is 1.52. The summed E-state index contributed by atoms with van der Waals surface area (Å²) in [5.74, 6) is 0.608. The summed E-state index contributed by atoms with van der Waals surface area (Å²) in [5.41, 5.74) is 0. The van der Waals surface area contributed by atoms with Crippen molar-refractivity contribution < 1.29 is 4.74 Å². The first-order chi connectivity index (χ1) is 7.20. The normalized spacial score (nSPS) is 20.7. The maximum atomic E-state index is 5.79. The molecule has 1 aromatic rings. The van der Waals surface area contributed by atoms with E-state index in [-0.39, 0.29) is 11.3 Å². The van der Waals surface area contributed by atoms with E-state index < -0.39 is 0 Å². The van der Waals surface area contributed by atoms with Gasteiger partial charge in [-0.05, 0) is 31.4 Å². The molecule has 2 rings (SSSR count). The van der Waals surface area contributed by atoms with Gasteiger partial charge in [0.1, 0.15) is 0 Å². The molecule has 0 bridgehead atoms. The highest BCUT2D eigenvalue weighted by Crippen LogP contribution is 2.23. The van der Waals surface area contributed by atoms with Crippen molar-refractivity contribution in [3.63, 3.8) is 0 Å². The van der Waals surface area contributed by atoms with Gasteiger partial charge in [0.2, 0.25) is 11.2 Å². The Morgan fingerprint density at radius 2 is 2.20 bits per heavy atom. The molecule has 0 saturated carbocycles. The lowest BCUT2D eigenvalue weighted by Crippen LogP contribution is -2.28. The third-order valence-corrected chi connectivity index (χ3v) is 2.74. The molecule has 1 fully saturated rings. The molecule has 0 N–H and O–H groups in total. The molecule has 5 nitrogen and oxygen atoms in total. The first-order valence-corrected chi connectivity index (χ1v) is 5.30. The average molecular weight is 229 g/mol. The number of hydrogen-bond acceptors (Lipinski definition) is 5. The Balaban J connectivity index is 2.30. The highest BCUT2D eigenvalue weighted by molar-refractivity contribution is 6.28. The highest BCUT2D eigenvalue weighted by atomic mass is 35.5. The van der Waals surface area contributed by atoms with E-state index in [1.165, 1.54) is 7.11 Å². The largest absolute Gasteiger partial charge is 0.467 e. The van der Waals surface area contributed by atoms with Crippen LogP contribution in [-0.4, -0.2) is 34.6 Å². The van der Waals surface area contributed by atoms with Crippen molar-refractivity contribution in [2.75, 3.05) is 18.6 Å². The molecule has 1 unspecified atom stereocenters.